The lowest BCUT2D eigenvalue weighted by Gasteiger charge is -2.35. The van der Waals surface area contributed by atoms with Crippen LogP contribution in [-0.4, -0.2) is 42.1 Å². The predicted molar refractivity (Wildman–Crippen MR) is 105 cm³/mol. The van der Waals surface area contributed by atoms with E-state index in [1.807, 2.05) is 30.3 Å². The molecule has 1 aliphatic heterocycles. The molecule has 2 heterocycles. The first kappa shape index (κ1) is 20.6. The van der Waals surface area contributed by atoms with E-state index in [-0.39, 0.29) is 24.7 Å². The van der Waals surface area contributed by atoms with E-state index >= 15 is 0 Å². The van der Waals surface area contributed by atoms with Crippen LogP contribution in [0.25, 0.3) is 11.0 Å². The van der Waals surface area contributed by atoms with Crippen molar-refractivity contribution >= 4 is 47.0 Å². The van der Waals surface area contributed by atoms with Crippen LogP contribution >= 0.6 is 24.2 Å². The Balaban J connectivity index is 0.00000243. The number of furan rings is 1. The minimum Gasteiger partial charge on any atom is -0.467 e. The van der Waals surface area contributed by atoms with Crippen LogP contribution in [-0.2, 0) is 20.7 Å². The molecule has 3 rings (SSSR count). The number of fused-ring (bicyclic) bond motifs is 1. The second kappa shape index (κ2) is 8.79. The highest BCUT2D eigenvalue weighted by Crippen LogP contribution is 2.28. The first-order chi connectivity index (χ1) is 12.0. The normalized spacial score (nSPS) is 20.8. The van der Waals surface area contributed by atoms with Gasteiger partial charge in [0.15, 0.2) is 0 Å². The number of para-hydroxylation sites is 1. The molecular formula is C18H23ClN2O4S. The number of nitrogens with one attached hydrogen (secondary N) is 1. The highest BCUT2D eigenvalue weighted by molar-refractivity contribution is 7.99. The Kier molecular flexibility index (Phi) is 6.97. The number of methoxy groups -OCH3 is 1. The molecule has 0 saturated carbocycles. The van der Waals surface area contributed by atoms with Gasteiger partial charge in [0, 0.05) is 17.6 Å². The number of rotatable bonds is 5. The summed E-state index contributed by atoms with van der Waals surface area (Å²) in [4.78, 5) is 24.8. The summed E-state index contributed by atoms with van der Waals surface area (Å²) in [5.74, 6) is 1.34. The van der Waals surface area contributed by atoms with Gasteiger partial charge in [0.1, 0.15) is 16.9 Å². The molecule has 1 saturated heterocycles. The van der Waals surface area contributed by atoms with Gasteiger partial charge in [-0.25, -0.2) is 4.79 Å². The number of benzene rings is 1. The quantitative estimate of drug-likeness (QED) is 0.750. The molecule has 3 N–H and O–H groups in total. The number of carbonyl (C=O) groups is 2. The summed E-state index contributed by atoms with van der Waals surface area (Å²) in [6, 6.07) is 8.72. The third-order valence-corrected chi connectivity index (χ3v) is 5.69. The average Bonchev–Trinajstić information content (AvgIpc) is 3.03. The van der Waals surface area contributed by atoms with E-state index < -0.39 is 17.6 Å². The molecule has 8 heteroatoms. The number of halogens is 1. The molecular weight excluding hydrogens is 376 g/mol. The van der Waals surface area contributed by atoms with E-state index in [0.717, 1.165) is 23.1 Å². The van der Waals surface area contributed by atoms with Gasteiger partial charge in [-0.2, -0.15) is 11.8 Å². The summed E-state index contributed by atoms with van der Waals surface area (Å²) in [6.07, 6.45) is 1.68. The van der Waals surface area contributed by atoms with Gasteiger partial charge in [0.2, 0.25) is 5.91 Å². The maximum atomic E-state index is 12.6. The Morgan fingerprint density at radius 1 is 1.42 bits per heavy atom. The van der Waals surface area contributed by atoms with Crippen LogP contribution in [0.4, 0.5) is 0 Å². The molecule has 26 heavy (non-hydrogen) atoms. The largest absolute Gasteiger partial charge is 0.467 e. The fourth-order valence-corrected chi connectivity index (χ4v) is 4.25. The maximum absolute atomic E-state index is 12.6. The molecule has 0 spiro atoms. The molecule has 1 aromatic carbocycles. The Labute approximate surface area is 162 Å². The smallest absolute Gasteiger partial charge is 0.332 e. The number of amides is 1. The molecule has 142 valence electrons. The lowest BCUT2D eigenvalue weighted by Crippen LogP contribution is -2.61. The van der Waals surface area contributed by atoms with E-state index in [1.54, 1.807) is 11.8 Å². The lowest BCUT2D eigenvalue weighted by molar-refractivity contribution is -0.150. The van der Waals surface area contributed by atoms with Crippen molar-refractivity contribution in [3.8, 4) is 0 Å². The molecule has 0 bridgehead atoms. The Bertz CT molecular complexity index is 740. The summed E-state index contributed by atoms with van der Waals surface area (Å²) >= 11 is 1.63. The third-order valence-electron chi connectivity index (χ3n) is 4.41. The lowest BCUT2D eigenvalue weighted by atomic mass is 9.94. The molecule has 0 aliphatic carbocycles. The van der Waals surface area contributed by atoms with Crippen molar-refractivity contribution in [1.29, 1.82) is 0 Å². The molecule has 2 aromatic rings. The van der Waals surface area contributed by atoms with Crippen molar-refractivity contribution in [3.05, 3.63) is 36.1 Å². The molecule has 2 atom stereocenters. The molecule has 1 amide bonds. The van der Waals surface area contributed by atoms with Crippen molar-refractivity contribution in [2.24, 2.45) is 5.73 Å². The van der Waals surface area contributed by atoms with E-state index in [1.165, 1.54) is 7.11 Å². The second-order valence-electron chi connectivity index (χ2n) is 6.28. The molecule has 6 nitrogen and oxygen atoms in total. The number of thioether (sulfide) groups is 1. The van der Waals surface area contributed by atoms with Crippen LogP contribution in [0.5, 0.6) is 0 Å². The molecule has 2 unspecified atom stereocenters. The number of nitrogens with two attached hydrogens (primary N) is 1. The van der Waals surface area contributed by atoms with E-state index in [9.17, 15) is 9.59 Å². The van der Waals surface area contributed by atoms with E-state index in [4.69, 9.17) is 14.9 Å². The zero-order valence-electron chi connectivity index (χ0n) is 14.5. The number of carbonyl (C=O) groups excluding carboxylic acids is 2. The first-order valence-electron chi connectivity index (χ1n) is 8.25. The molecule has 1 aromatic heterocycles. The average molecular weight is 399 g/mol. The van der Waals surface area contributed by atoms with Crippen LogP contribution in [0.2, 0.25) is 0 Å². The third kappa shape index (κ3) is 4.34. The molecule has 1 aliphatic rings. The highest BCUT2D eigenvalue weighted by Gasteiger charge is 2.43. The summed E-state index contributed by atoms with van der Waals surface area (Å²) in [7, 11) is 1.34. The molecule has 0 radical (unpaired) electrons. The van der Waals surface area contributed by atoms with Crippen LogP contribution in [0.3, 0.4) is 0 Å². The van der Waals surface area contributed by atoms with Crippen molar-refractivity contribution < 1.29 is 18.7 Å². The van der Waals surface area contributed by atoms with Gasteiger partial charge >= 0.3 is 5.97 Å². The van der Waals surface area contributed by atoms with Crippen LogP contribution in [0.1, 0.15) is 18.6 Å². The summed E-state index contributed by atoms with van der Waals surface area (Å²) in [5.41, 5.74) is 5.84. The van der Waals surface area contributed by atoms with E-state index in [2.05, 4.69) is 5.32 Å². The molecule has 1 fully saturated rings. The standard InChI is InChI=1S/C18H22N2O4S.ClH/c1-23-17(22)18(7-4-8-25-11-18)20-16(21)14(19)10-13-9-12-5-2-3-6-15(12)24-13;/h2-3,5-6,9,14H,4,7-8,10-11,19H2,1H3,(H,20,21);1H. The van der Waals surface area contributed by atoms with Crippen molar-refractivity contribution in [3.63, 3.8) is 0 Å². The zero-order valence-corrected chi connectivity index (χ0v) is 16.2. The summed E-state index contributed by atoms with van der Waals surface area (Å²) in [5, 5.41) is 3.81. The van der Waals surface area contributed by atoms with Gasteiger partial charge in [-0.05, 0) is 30.7 Å². The fourth-order valence-electron chi connectivity index (χ4n) is 3.08. The maximum Gasteiger partial charge on any atom is 0.332 e. The summed E-state index contributed by atoms with van der Waals surface area (Å²) in [6.45, 7) is 0. The number of ether oxygens (including phenoxy) is 1. The number of hydrogen-bond acceptors (Lipinski definition) is 6. The van der Waals surface area contributed by atoms with Crippen LogP contribution in [0.15, 0.2) is 34.7 Å². The monoisotopic (exact) mass is 398 g/mol. The topological polar surface area (TPSA) is 94.6 Å². The first-order valence-corrected chi connectivity index (χ1v) is 9.41. The van der Waals surface area contributed by atoms with Gasteiger partial charge in [-0.1, -0.05) is 18.2 Å². The Morgan fingerprint density at radius 3 is 2.85 bits per heavy atom. The predicted octanol–water partition coefficient (Wildman–Crippen LogP) is 2.28. The Hall–Kier alpha value is -1.70. The number of esters is 1. The van der Waals surface area contributed by atoms with Gasteiger partial charge in [-0.3, -0.25) is 4.79 Å². The highest BCUT2D eigenvalue weighted by atomic mass is 35.5. The van der Waals surface area contributed by atoms with Gasteiger partial charge in [-0.15, -0.1) is 12.4 Å². The minimum atomic E-state index is -0.986. The van der Waals surface area contributed by atoms with Gasteiger partial charge in [0.25, 0.3) is 0 Å². The zero-order chi connectivity index (χ0) is 17.9. The van der Waals surface area contributed by atoms with Crippen LogP contribution < -0.4 is 11.1 Å². The second-order valence-corrected chi connectivity index (χ2v) is 7.39. The van der Waals surface area contributed by atoms with Gasteiger partial charge in [0.05, 0.1) is 13.2 Å². The number of hydrogen-bond donors (Lipinski definition) is 2. The SMILES string of the molecule is COC(=O)C1(NC(=O)C(N)Cc2cc3ccccc3o2)CCCSC1.Cl. The fraction of sp³-hybridized carbons (Fsp3) is 0.444. The van der Waals surface area contributed by atoms with Crippen molar-refractivity contribution in [2.45, 2.75) is 30.8 Å². The van der Waals surface area contributed by atoms with Crippen molar-refractivity contribution in [2.75, 3.05) is 18.6 Å². The van der Waals surface area contributed by atoms with Crippen LogP contribution in [0, 0.1) is 0 Å². The summed E-state index contributed by atoms with van der Waals surface area (Å²) < 4.78 is 10.6. The minimum absolute atomic E-state index is 0. The van der Waals surface area contributed by atoms with Gasteiger partial charge < -0.3 is 20.2 Å². The Morgan fingerprint density at radius 2 is 2.19 bits per heavy atom. The van der Waals surface area contributed by atoms with E-state index in [0.29, 0.717) is 17.9 Å². The van der Waals surface area contributed by atoms with Crippen molar-refractivity contribution in [1.82, 2.24) is 5.32 Å².